The van der Waals surface area contributed by atoms with E-state index in [0.717, 1.165) is 44.6 Å². The van der Waals surface area contributed by atoms with Crippen LogP contribution in [0.1, 0.15) is 31.2 Å². The first kappa shape index (κ1) is 23.1. The number of ether oxygens (including phenoxy) is 1. The molecule has 2 fully saturated rings. The van der Waals surface area contributed by atoms with Gasteiger partial charge < -0.3 is 9.64 Å². The maximum absolute atomic E-state index is 13.9. The molecule has 1 aromatic heterocycles. The zero-order chi connectivity index (χ0) is 22.6. The van der Waals surface area contributed by atoms with Gasteiger partial charge in [0.1, 0.15) is 16.5 Å². The average Bonchev–Trinajstić information content (AvgIpc) is 2.81. The highest BCUT2D eigenvalue weighted by Gasteiger charge is 2.28. The van der Waals surface area contributed by atoms with Crippen molar-refractivity contribution in [1.82, 2.24) is 14.6 Å². The van der Waals surface area contributed by atoms with Gasteiger partial charge >= 0.3 is 0 Å². The van der Waals surface area contributed by atoms with Gasteiger partial charge in [0, 0.05) is 43.5 Å². The number of sulfonamides is 1. The number of hydrogen-bond donors (Lipinski definition) is 1. The van der Waals surface area contributed by atoms with Crippen LogP contribution in [0.4, 0.5) is 10.2 Å². The van der Waals surface area contributed by atoms with E-state index in [9.17, 15) is 12.8 Å². The van der Waals surface area contributed by atoms with E-state index in [1.54, 1.807) is 18.2 Å². The van der Waals surface area contributed by atoms with Crippen LogP contribution >= 0.6 is 0 Å². The maximum atomic E-state index is 13.9. The van der Waals surface area contributed by atoms with Crippen molar-refractivity contribution in [2.24, 2.45) is 0 Å². The summed E-state index contributed by atoms with van der Waals surface area (Å²) >= 11 is 0. The fourth-order valence-electron chi connectivity index (χ4n) is 4.46. The Kier molecular flexibility index (Phi) is 7.40. The Morgan fingerprint density at radius 1 is 1.12 bits per heavy atom. The molecule has 32 heavy (non-hydrogen) atoms. The summed E-state index contributed by atoms with van der Waals surface area (Å²) in [5.74, 6) is 0.583. The van der Waals surface area contributed by atoms with E-state index < -0.39 is 10.0 Å². The highest BCUT2D eigenvalue weighted by Crippen LogP contribution is 2.25. The van der Waals surface area contributed by atoms with Gasteiger partial charge in [-0.3, -0.25) is 4.90 Å². The third-order valence-corrected chi connectivity index (χ3v) is 7.89. The third-order valence-electron chi connectivity index (χ3n) is 6.39. The lowest BCUT2D eigenvalue weighted by Crippen LogP contribution is -2.42. The summed E-state index contributed by atoms with van der Waals surface area (Å²) < 4.78 is 47.8. The van der Waals surface area contributed by atoms with Crippen molar-refractivity contribution >= 4 is 15.8 Å². The summed E-state index contributed by atoms with van der Waals surface area (Å²) in [6.45, 7) is 3.37. The summed E-state index contributed by atoms with van der Waals surface area (Å²) in [6, 6.07) is 10.4. The number of aromatic nitrogens is 1. The van der Waals surface area contributed by atoms with Gasteiger partial charge in [-0.1, -0.05) is 18.2 Å². The highest BCUT2D eigenvalue weighted by atomic mass is 32.2. The number of morpholine rings is 1. The minimum atomic E-state index is -3.62. The van der Waals surface area contributed by atoms with Crippen LogP contribution in [0.2, 0.25) is 0 Å². The molecule has 1 N–H and O–H groups in total. The van der Waals surface area contributed by atoms with Gasteiger partial charge in [-0.2, -0.15) is 0 Å². The molecule has 0 bridgehead atoms. The Bertz CT molecular complexity index is 989. The first-order chi connectivity index (χ1) is 15.4. The first-order valence-corrected chi connectivity index (χ1v) is 12.7. The second-order valence-corrected chi connectivity index (χ2v) is 10.3. The van der Waals surface area contributed by atoms with Crippen LogP contribution in [0.25, 0.3) is 0 Å². The summed E-state index contributed by atoms with van der Waals surface area (Å²) in [7, 11) is -1.61. The number of benzene rings is 1. The van der Waals surface area contributed by atoms with Crippen molar-refractivity contribution in [3.8, 4) is 0 Å². The van der Waals surface area contributed by atoms with Gasteiger partial charge in [-0.05, 0) is 50.9 Å². The second-order valence-electron chi connectivity index (χ2n) is 8.58. The molecule has 0 spiro atoms. The molecule has 9 heteroatoms. The Morgan fingerprint density at radius 3 is 2.50 bits per heavy atom. The fourth-order valence-corrected chi connectivity index (χ4v) is 5.71. The zero-order valence-electron chi connectivity index (χ0n) is 18.4. The standard InChI is InChI=1S/C23H31FN4O3S/c1-27(17-18-4-2-3-5-22(18)24)20-8-6-19(7-9-20)26-32(29,30)21-10-11-23(25-16-21)28-12-14-31-15-13-28/h2-5,10-11,16,19-20,26H,6-9,12-15,17H2,1H3/t19-,20-. The number of nitrogens with one attached hydrogen (secondary N) is 1. The molecule has 1 saturated carbocycles. The lowest BCUT2D eigenvalue weighted by Gasteiger charge is -2.35. The van der Waals surface area contributed by atoms with Gasteiger partial charge in [0.05, 0.1) is 13.2 Å². The largest absolute Gasteiger partial charge is 0.378 e. The number of hydrogen-bond acceptors (Lipinski definition) is 6. The van der Waals surface area contributed by atoms with Crippen LogP contribution in [0.3, 0.4) is 0 Å². The van der Waals surface area contributed by atoms with Crippen molar-refractivity contribution in [3.05, 3.63) is 54.0 Å². The molecule has 0 unspecified atom stereocenters. The molecule has 7 nitrogen and oxygen atoms in total. The topological polar surface area (TPSA) is 74.8 Å². The normalized spacial score (nSPS) is 22.3. The predicted molar refractivity (Wildman–Crippen MR) is 122 cm³/mol. The summed E-state index contributed by atoms with van der Waals surface area (Å²) in [4.78, 5) is 8.80. The molecule has 0 radical (unpaired) electrons. The quantitative estimate of drug-likeness (QED) is 0.682. The van der Waals surface area contributed by atoms with Crippen molar-refractivity contribution in [1.29, 1.82) is 0 Å². The van der Waals surface area contributed by atoms with E-state index >= 15 is 0 Å². The SMILES string of the molecule is CN(Cc1ccccc1F)[C@H]1CC[C@H](NS(=O)(=O)c2ccc(N3CCOCC3)nc2)CC1. The monoisotopic (exact) mass is 462 g/mol. The van der Waals surface area contributed by atoms with E-state index in [1.807, 2.05) is 19.2 Å². The van der Waals surface area contributed by atoms with Crippen molar-refractivity contribution in [3.63, 3.8) is 0 Å². The Morgan fingerprint density at radius 2 is 1.84 bits per heavy atom. The molecule has 1 saturated heterocycles. The van der Waals surface area contributed by atoms with E-state index in [4.69, 9.17) is 4.74 Å². The molecule has 2 aliphatic rings. The second kappa shape index (κ2) is 10.2. The minimum absolute atomic E-state index is 0.1000. The van der Waals surface area contributed by atoms with Crippen LogP contribution in [0.5, 0.6) is 0 Å². The molecular formula is C23H31FN4O3S. The third kappa shape index (κ3) is 5.64. The number of nitrogens with zero attached hydrogens (tertiary/aromatic N) is 3. The van der Waals surface area contributed by atoms with Crippen LogP contribution < -0.4 is 9.62 Å². The number of anilines is 1. The maximum Gasteiger partial charge on any atom is 0.242 e. The average molecular weight is 463 g/mol. The zero-order valence-corrected chi connectivity index (χ0v) is 19.2. The number of rotatable bonds is 7. The van der Waals surface area contributed by atoms with Crippen LogP contribution in [-0.4, -0.2) is 63.7 Å². The molecule has 1 aromatic carbocycles. The fraction of sp³-hybridized carbons (Fsp3) is 0.522. The minimum Gasteiger partial charge on any atom is -0.378 e. The molecule has 2 aromatic rings. The predicted octanol–water partition coefficient (Wildman–Crippen LogP) is 2.78. The Balaban J connectivity index is 1.29. The molecule has 0 atom stereocenters. The van der Waals surface area contributed by atoms with Gasteiger partial charge in [0.25, 0.3) is 0 Å². The highest BCUT2D eigenvalue weighted by molar-refractivity contribution is 7.89. The molecule has 1 aliphatic heterocycles. The Labute approximate surface area is 189 Å². The van der Waals surface area contributed by atoms with Crippen LogP contribution in [0, 0.1) is 5.82 Å². The molecular weight excluding hydrogens is 431 g/mol. The van der Waals surface area contributed by atoms with Gasteiger partial charge in [0.15, 0.2) is 0 Å². The summed E-state index contributed by atoms with van der Waals surface area (Å²) in [5.41, 5.74) is 0.686. The first-order valence-electron chi connectivity index (χ1n) is 11.2. The molecule has 0 amide bonds. The van der Waals surface area contributed by atoms with Gasteiger partial charge in [-0.25, -0.2) is 22.5 Å². The van der Waals surface area contributed by atoms with E-state index in [1.165, 1.54) is 12.3 Å². The van der Waals surface area contributed by atoms with Crippen molar-refractivity contribution in [2.45, 2.75) is 49.2 Å². The Hall–Kier alpha value is -2.07. The lowest BCUT2D eigenvalue weighted by atomic mass is 9.91. The van der Waals surface area contributed by atoms with E-state index in [-0.39, 0.29) is 16.8 Å². The van der Waals surface area contributed by atoms with Gasteiger partial charge in [0.2, 0.25) is 10.0 Å². The van der Waals surface area contributed by atoms with Crippen LogP contribution in [0.15, 0.2) is 47.5 Å². The van der Waals surface area contributed by atoms with Crippen molar-refractivity contribution in [2.75, 3.05) is 38.3 Å². The van der Waals surface area contributed by atoms with E-state index in [0.29, 0.717) is 31.4 Å². The van der Waals surface area contributed by atoms with Crippen molar-refractivity contribution < 1.29 is 17.5 Å². The summed E-state index contributed by atoms with van der Waals surface area (Å²) in [6.07, 6.45) is 4.68. The number of halogens is 1. The molecule has 174 valence electrons. The smallest absolute Gasteiger partial charge is 0.242 e. The van der Waals surface area contributed by atoms with E-state index in [2.05, 4.69) is 19.5 Å². The lowest BCUT2D eigenvalue weighted by molar-refractivity contribution is 0.122. The van der Waals surface area contributed by atoms with Gasteiger partial charge in [-0.15, -0.1) is 0 Å². The molecule has 2 heterocycles. The van der Waals surface area contributed by atoms with Crippen LogP contribution in [-0.2, 0) is 21.3 Å². The molecule has 1 aliphatic carbocycles. The number of pyridine rings is 1. The molecule has 4 rings (SSSR count). The summed E-state index contributed by atoms with van der Waals surface area (Å²) in [5, 5.41) is 0.